The zero-order valence-corrected chi connectivity index (χ0v) is 8.59. The van der Waals surface area contributed by atoms with Crippen molar-refractivity contribution in [1.29, 1.82) is 0 Å². The van der Waals surface area contributed by atoms with Crippen molar-refractivity contribution in [2.24, 2.45) is 0 Å². The number of carbonyl (C=O) groups excluding carboxylic acids is 1. The molecular weight excluding hydrogens is 218 g/mol. The van der Waals surface area contributed by atoms with Crippen molar-refractivity contribution in [3.05, 3.63) is 0 Å². The second kappa shape index (κ2) is 5.45. The van der Waals surface area contributed by atoms with Crippen molar-refractivity contribution < 1.29 is 29.3 Å². The summed E-state index contributed by atoms with van der Waals surface area (Å²) in [4.78, 5) is 34.0. The number of hydrogen-bond donors (Lipinski definition) is 2. The first kappa shape index (κ1) is 12.4. The highest BCUT2D eigenvalue weighted by Crippen LogP contribution is 2.06. The van der Waals surface area contributed by atoms with Gasteiger partial charge in [0.1, 0.15) is 0 Å². The molecule has 1 rings (SSSR count). The summed E-state index contributed by atoms with van der Waals surface area (Å²) in [5, 5.41) is 16.9. The van der Waals surface area contributed by atoms with Gasteiger partial charge < -0.3 is 19.8 Å². The molecule has 0 spiro atoms. The van der Waals surface area contributed by atoms with Crippen LogP contribution in [0.25, 0.3) is 0 Å². The van der Waals surface area contributed by atoms with Gasteiger partial charge >= 0.3 is 17.9 Å². The third-order valence-corrected chi connectivity index (χ3v) is 2.28. The van der Waals surface area contributed by atoms with Crippen LogP contribution >= 0.6 is 0 Å². The van der Waals surface area contributed by atoms with Crippen LogP contribution in [-0.2, 0) is 19.1 Å². The predicted molar refractivity (Wildman–Crippen MR) is 50.8 cm³/mol. The largest absolute Gasteiger partial charge is 0.478 e. The Balaban J connectivity index is 2.30. The molecule has 0 aromatic carbocycles. The Labute approximate surface area is 91.6 Å². The smallest absolute Gasteiger partial charge is 0.356 e. The zero-order valence-electron chi connectivity index (χ0n) is 8.59. The number of hydrogen-bond acceptors (Lipinski definition) is 5. The SMILES string of the molecule is O=C(CCN1CCC1)OC(C(=O)O)C(=O)O. The molecule has 16 heavy (non-hydrogen) atoms. The number of esters is 1. The predicted octanol–water partition coefficient (Wildman–Crippen LogP) is -0.837. The van der Waals surface area contributed by atoms with Crippen LogP contribution in [0, 0.1) is 0 Å². The van der Waals surface area contributed by atoms with Gasteiger partial charge in [-0.25, -0.2) is 9.59 Å². The van der Waals surface area contributed by atoms with E-state index in [2.05, 4.69) is 4.74 Å². The molecule has 0 amide bonds. The standard InChI is InChI=1S/C9H13NO6/c11-6(2-5-10-3-1-4-10)16-7(8(12)13)9(14)15/h7H,1-5H2,(H,12,13)(H,14,15). The monoisotopic (exact) mass is 231 g/mol. The second-order valence-corrected chi connectivity index (χ2v) is 3.49. The molecule has 0 unspecified atom stereocenters. The fraction of sp³-hybridized carbons (Fsp3) is 0.667. The van der Waals surface area contributed by atoms with E-state index in [1.807, 2.05) is 4.90 Å². The molecule has 0 aromatic rings. The molecular formula is C9H13NO6. The minimum atomic E-state index is -2.11. The van der Waals surface area contributed by atoms with Crippen molar-refractivity contribution in [3.8, 4) is 0 Å². The van der Waals surface area contributed by atoms with Crippen LogP contribution in [0.1, 0.15) is 12.8 Å². The van der Waals surface area contributed by atoms with Crippen LogP contribution in [0.15, 0.2) is 0 Å². The van der Waals surface area contributed by atoms with Gasteiger partial charge in [0.2, 0.25) is 0 Å². The summed E-state index contributed by atoms with van der Waals surface area (Å²) in [5.41, 5.74) is 0. The summed E-state index contributed by atoms with van der Waals surface area (Å²) in [7, 11) is 0. The number of nitrogens with zero attached hydrogens (tertiary/aromatic N) is 1. The van der Waals surface area contributed by atoms with E-state index < -0.39 is 24.0 Å². The van der Waals surface area contributed by atoms with Crippen molar-refractivity contribution >= 4 is 17.9 Å². The van der Waals surface area contributed by atoms with Crippen molar-refractivity contribution in [2.75, 3.05) is 19.6 Å². The highest BCUT2D eigenvalue weighted by molar-refractivity contribution is 5.97. The lowest BCUT2D eigenvalue weighted by molar-refractivity contribution is -0.175. The second-order valence-electron chi connectivity index (χ2n) is 3.49. The fourth-order valence-electron chi connectivity index (χ4n) is 1.25. The Morgan fingerprint density at radius 2 is 1.75 bits per heavy atom. The van der Waals surface area contributed by atoms with E-state index in [4.69, 9.17) is 10.2 Å². The molecule has 0 atom stereocenters. The third-order valence-electron chi connectivity index (χ3n) is 2.28. The maximum Gasteiger partial charge on any atom is 0.356 e. The summed E-state index contributed by atoms with van der Waals surface area (Å²) in [6, 6.07) is 0. The Hall–Kier alpha value is -1.63. The maximum atomic E-state index is 11.1. The lowest BCUT2D eigenvalue weighted by Gasteiger charge is -2.30. The molecule has 0 bridgehead atoms. The van der Waals surface area contributed by atoms with Crippen molar-refractivity contribution in [2.45, 2.75) is 18.9 Å². The summed E-state index contributed by atoms with van der Waals surface area (Å²) in [6.07, 6.45) is -1.01. The quantitative estimate of drug-likeness (QED) is 0.453. The Bertz CT molecular complexity index is 284. The zero-order chi connectivity index (χ0) is 12.1. The minimum absolute atomic E-state index is 0.0110. The van der Waals surface area contributed by atoms with Gasteiger partial charge in [-0.05, 0) is 19.5 Å². The topological polar surface area (TPSA) is 104 Å². The van der Waals surface area contributed by atoms with Crippen molar-refractivity contribution in [3.63, 3.8) is 0 Å². The van der Waals surface area contributed by atoms with Gasteiger partial charge in [-0.1, -0.05) is 0 Å². The Morgan fingerprint density at radius 1 is 1.19 bits per heavy atom. The molecule has 90 valence electrons. The number of likely N-dealkylation sites (tertiary alicyclic amines) is 1. The molecule has 7 heteroatoms. The summed E-state index contributed by atoms with van der Waals surface area (Å²) in [6.45, 7) is 2.30. The van der Waals surface area contributed by atoms with Gasteiger partial charge in [-0.15, -0.1) is 0 Å². The third kappa shape index (κ3) is 3.50. The van der Waals surface area contributed by atoms with Gasteiger partial charge in [0.05, 0.1) is 6.42 Å². The first-order chi connectivity index (χ1) is 7.50. The van der Waals surface area contributed by atoms with E-state index in [-0.39, 0.29) is 6.42 Å². The number of carbonyl (C=O) groups is 3. The van der Waals surface area contributed by atoms with E-state index in [1.54, 1.807) is 0 Å². The molecule has 2 N–H and O–H groups in total. The van der Waals surface area contributed by atoms with Gasteiger partial charge in [0, 0.05) is 6.54 Å². The fourth-order valence-corrected chi connectivity index (χ4v) is 1.25. The van der Waals surface area contributed by atoms with E-state index in [0.29, 0.717) is 6.54 Å². The number of aliphatic carboxylic acids is 2. The molecule has 1 heterocycles. The highest BCUT2D eigenvalue weighted by atomic mass is 16.6. The molecule has 1 aliphatic rings. The maximum absolute atomic E-state index is 11.1. The molecule has 0 aromatic heterocycles. The summed E-state index contributed by atoms with van der Waals surface area (Å²) < 4.78 is 4.33. The van der Waals surface area contributed by atoms with Crippen LogP contribution in [-0.4, -0.2) is 58.8 Å². The highest BCUT2D eigenvalue weighted by Gasteiger charge is 2.30. The summed E-state index contributed by atoms with van der Waals surface area (Å²) in [5.74, 6) is -4.16. The first-order valence-corrected chi connectivity index (χ1v) is 4.88. The molecule has 7 nitrogen and oxygen atoms in total. The molecule has 1 aliphatic heterocycles. The normalized spacial score (nSPS) is 15.6. The van der Waals surface area contributed by atoms with Crippen LogP contribution in [0.2, 0.25) is 0 Å². The molecule has 1 fully saturated rings. The lowest BCUT2D eigenvalue weighted by atomic mass is 10.2. The van der Waals surface area contributed by atoms with Gasteiger partial charge in [0.15, 0.2) is 0 Å². The van der Waals surface area contributed by atoms with E-state index >= 15 is 0 Å². The number of ether oxygens (including phenoxy) is 1. The molecule has 0 saturated carbocycles. The van der Waals surface area contributed by atoms with Gasteiger partial charge in [-0.3, -0.25) is 4.79 Å². The molecule has 1 saturated heterocycles. The average molecular weight is 231 g/mol. The van der Waals surface area contributed by atoms with Crippen LogP contribution < -0.4 is 0 Å². The van der Waals surface area contributed by atoms with E-state index in [1.165, 1.54) is 0 Å². The van der Waals surface area contributed by atoms with E-state index in [0.717, 1.165) is 19.5 Å². The number of carboxylic acid groups (broad SMARTS) is 2. The first-order valence-electron chi connectivity index (χ1n) is 4.88. The average Bonchev–Trinajstić information content (AvgIpc) is 2.10. The van der Waals surface area contributed by atoms with Crippen LogP contribution in [0.3, 0.4) is 0 Å². The Morgan fingerprint density at radius 3 is 2.12 bits per heavy atom. The molecule has 0 aliphatic carbocycles. The minimum Gasteiger partial charge on any atom is -0.478 e. The lowest BCUT2D eigenvalue weighted by Crippen LogP contribution is -2.40. The van der Waals surface area contributed by atoms with Gasteiger partial charge in [0.25, 0.3) is 6.10 Å². The van der Waals surface area contributed by atoms with Crippen LogP contribution in [0.4, 0.5) is 0 Å². The van der Waals surface area contributed by atoms with Crippen LogP contribution in [0.5, 0.6) is 0 Å². The number of rotatable bonds is 6. The van der Waals surface area contributed by atoms with Gasteiger partial charge in [-0.2, -0.15) is 0 Å². The Kier molecular flexibility index (Phi) is 4.24. The number of carboxylic acids is 2. The van der Waals surface area contributed by atoms with Crippen molar-refractivity contribution in [1.82, 2.24) is 4.90 Å². The van der Waals surface area contributed by atoms with E-state index in [9.17, 15) is 14.4 Å². The summed E-state index contributed by atoms with van der Waals surface area (Å²) >= 11 is 0. The molecule has 0 radical (unpaired) electrons.